The molecule has 5 atom stereocenters. The number of ether oxygens (including phenoxy) is 2. The lowest BCUT2D eigenvalue weighted by molar-refractivity contribution is -0.125. The van der Waals surface area contributed by atoms with Crippen LogP contribution >= 0.6 is 0 Å². The van der Waals surface area contributed by atoms with Gasteiger partial charge in [0.25, 0.3) is 29.5 Å². The van der Waals surface area contributed by atoms with Crippen molar-refractivity contribution in [3.8, 4) is 17.0 Å². The van der Waals surface area contributed by atoms with Crippen molar-refractivity contribution in [1.29, 1.82) is 0 Å². The number of nitrogens with zero attached hydrogens (tertiary/aromatic N) is 14. The number of hydrogen-bond donors (Lipinski definition) is 12. The first-order chi connectivity index (χ1) is 64.7. The summed E-state index contributed by atoms with van der Waals surface area (Å²) in [5.41, 5.74) is 9.51. The first-order valence-electron chi connectivity index (χ1n) is 45.1. The fraction of sp³-hybridized carbons (Fsp3) is 0.371. The lowest BCUT2D eigenvalue weighted by Gasteiger charge is -2.40. The summed E-state index contributed by atoms with van der Waals surface area (Å²) in [6, 6.07) is 18.4. The molecule has 0 saturated carbocycles. The number of aryl methyl sites for hydroxylation is 1. The second-order valence-corrected chi connectivity index (χ2v) is 34.3. The minimum absolute atomic E-state index is 0.00190. The van der Waals surface area contributed by atoms with Crippen LogP contribution in [0.5, 0.6) is 5.75 Å². The molecule has 134 heavy (non-hydrogen) atoms. The summed E-state index contributed by atoms with van der Waals surface area (Å²) >= 11 is 0. The first kappa shape index (κ1) is 94.3. The smallest absolute Gasteiger partial charge is 0.255 e. The number of aliphatic hydroxyl groups excluding tert-OH is 1. The van der Waals surface area contributed by atoms with Gasteiger partial charge in [-0.3, -0.25) is 28.7 Å². The predicted octanol–water partition coefficient (Wildman–Crippen LogP) is 12.1. The van der Waals surface area contributed by atoms with Crippen LogP contribution < -0.4 is 73.0 Å². The Morgan fingerprint density at radius 3 is 1.35 bits per heavy atom. The topological polar surface area (TPSA) is 361 Å². The maximum absolute atomic E-state index is 15.4. The lowest BCUT2D eigenvalue weighted by atomic mass is 9.98. The highest BCUT2D eigenvalue weighted by molar-refractivity contribution is 6.06. The number of rotatable bonds is 28. The molecule has 16 heterocycles. The Morgan fingerprint density at radius 1 is 0.500 bits per heavy atom. The Balaban J connectivity index is 0.000000137. The minimum atomic E-state index is -0.519. The number of nitrogens with one attached hydrogen (secondary N) is 11. The fourth-order valence-electron chi connectivity index (χ4n) is 17.9. The van der Waals surface area contributed by atoms with Crippen LogP contribution in [0, 0.1) is 23.3 Å². The van der Waals surface area contributed by atoms with Gasteiger partial charge in [0, 0.05) is 216 Å². The number of aliphatic hydroxyl groups is 1. The van der Waals surface area contributed by atoms with Gasteiger partial charge in [0.15, 0.2) is 46.5 Å². The van der Waals surface area contributed by atoms with Crippen molar-refractivity contribution in [3.05, 3.63) is 247 Å². The number of hydrogen-bond acceptors (Lipinski definition) is 27. The molecular formula is C97H115F4N25O8. The third kappa shape index (κ3) is 21.5. The maximum atomic E-state index is 15.4. The van der Waals surface area contributed by atoms with Crippen molar-refractivity contribution in [3.63, 3.8) is 0 Å². The van der Waals surface area contributed by atoms with Crippen LogP contribution in [0.4, 0.5) is 86.9 Å². The molecule has 18 rings (SSSR count). The van der Waals surface area contributed by atoms with E-state index in [9.17, 15) is 24.0 Å². The van der Waals surface area contributed by atoms with Gasteiger partial charge in [-0.1, -0.05) is 52.6 Å². The molecule has 6 fully saturated rings. The molecule has 0 radical (unpaired) electrons. The number of benzene rings is 2. The molecule has 10 aliphatic rings. The largest absolute Gasteiger partial charge is 0.491 e. The molecule has 0 aliphatic carbocycles. The van der Waals surface area contributed by atoms with Gasteiger partial charge in [0.1, 0.15) is 42.2 Å². The predicted molar refractivity (Wildman–Crippen MR) is 511 cm³/mol. The minimum Gasteiger partial charge on any atom is -0.491 e. The number of halogens is 4. The van der Waals surface area contributed by atoms with Crippen LogP contribution in [0.3, 0.4) is 0 Å². The summed E-state index contributed by atoms with van der Waals surface area (Å²) in [4.78, 5) is 99.3. The molecule has 2 aromatic carbocycles. The highest BCUT2D eigenvalue weighted by Gasteiger charge is 2.38. The number of allylic oxidation sites excluding steroid dienone is 4. The van der Waals surface area contributed by atoms with E-state index in [1.165, 1.54) is 0 Å². The zero-order chi connectivity index (χ0) is 94.5. The van der Waals surface area contributed by atoms with Gasteiger partial charge in [-0.15, -0.1) is 0 Å². The Bertz CT molecular complexity index is 5830. The number of pyridine rings is 5. The normalized spacial score (nSPS) is 19.4. The highest BCUT2D eigenvalue weighted by Crippen LogP contribution is 2.40. The summed E-state index contributed by atoms with van der Waals surface area (Å²) in [5, 5.41) is 46.4. The number of likely N-dealkylation sites (N-methyl/N-ethyl adjacent to an activating group) is 1. The van der Waals surface area contributed by atoms with Crippen molar-refractivity contribution < 1.29 is 56.1 Å². The fourth-order valence-corrected chi connectivity index (χ4v) is 17.9. The number of anilines is 12. The Morgan fingerprint density at radius 2 is 0.925 bits per heavy atom. The first-order valence-corrected chi connectivity index (χ1v) is 45.1. The van der Waals surface area contributed by atoms with E-state index in [1.807, 2.05) is 24.3 Å². The van der Waals surface area contributed by atoms with Crippen molar-refractivity contribution in [2.75, 3.05) is 159 Å². The molecule has 5 amide bonds. The number of carbonyl (C=O) groups excluding carboxylic acids is 5. The van der Waals surface area contributed by atoms with Crippen LogP contribution in [0.2, 0.25) is 0 Å². The molecule has 33 nitrogen and oxygen atoms in total. The molecule has 6 saturated heterocycles. The van der Waals surface area contributed by atoms with E-state index in [0.717, 1.165) is 131 Å². The average molecular weight is 1840 g/mol. The van der Waals surface area contributed by atoms with Crippen LogP contribution in [0.15, 0.2) is 179 Å². The van der Waals surface area contributed by atoms with E-state index in [2.05, 4.69) is 185 Å². The van der Waals surface area contributed by atoms with E-state index in [4.69, 9.17) is 14.6 Å². The number of amides is 5. The van der Waals surface area contributed by atoms with Crippen molar-refractivity contribution in [1.82, 2.24) is 80.5 Å². The molecular weight excluding hydrogens is 1720 g/mol. The van der Waals surface area contributed by atoms with E-state index >= 15 is 17.6 Å². The summed E-state index contributed by atoms with van der Waals surface area (Å²) in [6.45, 7) is 44.3. The Hall–Kier alpha value is -14.3. The van der Waals surface area contributed by atoms with Crippen LogP contribution in [-0.2, 0) is 42.8 Å². The number of aromatic nitrogens is 7. The number of fused-ring (bicyclic) bond motifs is 4. The zero-order valence-electron chi connectivity index (χ0n) is 75.7. The van der Waals surface area contributed by atoms with Crippen LogP contribution in [-0.4, -0.2) is 236 Å². The molecule has 0 bridgehead atoms. The molecule has 704 valence electrons. The quantitative estimate of drug-likeness (QED) is 0.0160. The van der Waals surface area contributed by atoms with Gasteiger partial charge in [0.2, 0.25) is 0 Å². The monoisotopic (exact) mass is 1830 g/mol. The molecule has 6 aromatic heterocycles. The van der Waals surface area contributed by atoms with Gasteiger partial charge in [0.05, 0.1) is 59.2 Å². The standard InChI is InChI=1S/C26H33FN8O.C26H29FN6O3.C24H28FN5O3.C21H25FN6O/c1-4-17(2)35-9-5-6-19(16-35)31-25-23(27)20-15-29-26(36)22(20)24(32-25)30-18-7-8-21(28-14-18)34-12-10-33(3)11-13-34;1-3-16(2)32-10-4-5-18(14-32)30-25-23(27)20-13-28-26(35)22(20)24(31-25)29-17-6-8-19(9-7-17)33-11-12-36-15-21(33)34;1-3-15(2)30-10-4-5-17(14-30)28-23-21(25)19-13-26-24(32)20(19)22(29-23)27-16-6-8-18(9-7-16)33-12-11-31;1-5-12(2)28-11-15(7-6-13(28)3)25-20-18(22)16-9-23-21(29)17(16)19(26-20)14-8-24-27(4)10-14/h4,7-8,14,19H,1-2,5-6,9-13,15-16H2,3H3,(H,29,36)(H2,30,31,32);3,6-9,18H,1-2,4-5,10-15H2,(H,28,35)(H2,29,30,31);3,6-9,17,31H,1-2,4-5,10-14H2,(H,26,32)(H2,27,28,29);5,8,10,13,15H,1-2,6-7,9,11H2,3-4H3,(H,23,29)(H,25,26). The van der Waals surface area contributed by atoms with Gasteiger partial charge >= 0.3 is 0 Å². The van der Waals surface area contributed by atoms with Crippen LogP contribution in [0.1, 0.15) is 122 Å². The van der Waals surface area contributed by atoms with E-state index < -0.39 is 23.3 Å². The van der Waals surface area contributed by atoms with Gasteiger partial charge in [-0.2, -0.15) is 5.10 Å². The Labute approximate surface area is 776 Å². The van der Waals surface area contributed by atoms with E-state index in [0.29, 0.717) is 113 Å². The van der Waals surface area contributed by atoms with Gasteiger partial charge in [-0.05, 0) is 150 Å². The summed E-state index contributed by atoms with van der Waals surface area (Å²) < 4.78 is 73.5. The summed E-state index contributed by atoms with van der Waals surface area (Å²) in [7, 11) is 3.91. The van der Waals surface area contributed by atoms with E-state index in [-0.39, 0.29) is 151 Å². The average Bonchev–Trinajstić information content (AvgIpc) is 1.61. The molecule has 0 spiro atoms. The second kappa shape index (κ2) is 42.5. The third-order valence-electron chi connectivity index (χ3n) is 25.3. The summed E-state index contributed by atoms with van der Waals surface area (Å²) in [6.07, 6.45) is 19.3. The maximum Gasteiger partial charge on any atom is 0.255 e. The Kier molecular flexibility index (Phi) is 29.9. The van der Waals surface area contributed by atoms with Gasteiger partial charge < -0.3 is 107 Å². The molecule has 10 aliphatic heterocycles. The molecule has 37 heteroatoms. The molecule has 8 aromatic rings. The number of piperidine rings is 4. The summed E-state index contributed by atoms with van der Waals surface area (Å²) in [5.74, 6) is -0.512. The van der Waals surface area contributed by atoms with E-state index in [1.54, 1.807) is 95.9 Å². The van der Waals surface area contributed by atoms with Crippen molar-refractivity contribution >= 4 is 98.8 Å². The SMILES string of the molecule is C=CC(=C)N1CC(Nc2nc(-c3cnn(C)c3)c3c(c2F)CNC3=O)CCC1C.C=CC(=C)N1CCCC(Nc2nc(Nc3ccc(N4CCN(C)CC4)nc3)c3c(c2F)CNC3=O)C1.C=CC(=C)N1CCCC(Nc2nc(Nc3ccc(N4CCOCC4=O)cc3)c3c(c2F)CNC3=O)C1.C=CC(=C)N1CCCC(Nc2nc(Nc3ccc(OCCO)cc3)c3c(c2F)CNC3=O)C1. The third-order valence-corrected chi connectivity index (χ3v) is 25.3. The highest BCUT2D eigenvalue weighted by atomic mass is 19.1. The zero-order valence-corrected chi connectivity index (χ0v) is 75.7. The number of carbonyl (C=O) groups is 5. The number of likely N-dealkylation sites (tertiary alicyclic amines) is 4. The molecule has 5 unspecified atom stereocenters. The number of piperazine rings is 1. The molecule has 12 N–H and O–H groups in total. The number of morpholine rings is 1. The van der Waals surface area contributed by atoms with Crippen molar-refractivity contribution in [2.24, 2.45) is 7.05 Å². The van der Waals surface area contributed by atoms with Gasteiger partial charge in [-0.25, -0.2) is 42.5 Å². The second-order valence-electron chi connectivity index (χ2n) is 34.3. The van der Waals surface area contributed by atoms with Crippen LogP contribution in [0.25, 0.3) is 11.3 Å². The van der Waals surface area contributed by atoms with Crippen molar-refractivity contribution in [2.45, 2.75) is 115 Å². The lowest BCUT2D eigenvalue weighted by Crippen LogP contribution is -2.46.